The van der Waals surface area contributed by atoms with Gasteiger partial charge in [-0.3, -0.25) is 4.57 Å². The van der Waals surface area contributed by atoms with Gasteiger partial charge in [-0.25, -0.2) is 4.98 Å². The lowest BCUT2D eigenvalue weighted by atomic mass is 9.80. The zero-order valence-electron chi connectivity index (χ0n) is 39.5. The highest BCUT2D eigenvalue weighted by molar-refractivity contribution is 7.27. The van der Waals surface area contributed by atoms with Gasteiger partial charge in [0.25, 0.3) is 0 Å². The molecule has 5 nitrogen and oxygen atoms in total. The Hall–Kier alpha value is -6.11. The Morgan fingerprint density at radius 3 is 1.75 bits per heavy atom. The molecule has 0 amide bonds. The van der Waals surface area contributed by atoms with Gasteiger partial charge >= 0.3 is 0 Å². The van der Waals surface area contributed by atoms with E-state index in [1.165, 1.54) is 75.8 Å². The number of fused-ring (bicyclic) bond motifs is 8. The van der Waals surface area contributed by atoms with Crippen LogP contribution in [0.4, 0.5) is 22.7 Å². The number of benzene rings is 6. The Labute approximate surface area is 382 Å². The molecule has 3 aromatic heterocycles. The van der Waals surface area contributed by atoms with Crippen molar-refractivity contribution in [2.75, 3.05) is 16.5 Å². The minimum Gasteiger partial charge on any atom is -0.457 e. The van der Waals surface area contributed by atoms with Crippen LogP contribution < -0.4 is 14.5 Å². The van der Waals surface area contributed by atoms with Gasteiger partial charge in [-0.1, -0.05) is 132 Å². The Morgan fingerprint density at radius 2 is 1.11 bits per heavy atom. The summed E-state index contributed by atoms with van der Waals surface area (Å²) in [4.78, 5) is 9.99. The van der Waals surface area contributed by atoms with Crippen LogP contribution in [0.5, 0.6) is 11.5 Å². The SMILES string of the molecule is CC(C)(C)c1cc(Oc2ccc3c4sc5ccc6ccccc6c5c4n(-c4cc(C(C)(C)C)ccn4)c3c2)cc(N2CN(c3cc(C(C)(C)C)cc(C(C)(C)C)c3)c3ccccc32)c1. The van der Waals surface area contributed by atoms with Crippen LogP contribution in [0.3, 0.4) is 0 Å². The Morgan fingerprint density at radius 1 is 0.516 bits per heavy atom. The van der Waals surface area contributed by atoms with Crippen LogP contribution in [-0.4, -0.2) is 16.2 Å². The van der Waals surface area contributed by atoms with E-state index in [2.05, 4.69) is 225 Å². The lowest BCUT2D eigenvalue weighted by molar-refractivity contribution is 0.479. The molecule has 64 heavy (non-hydrogen) atoms. The molecule has 0 atom stereocenters. The number of pyridine rings is 1. The molecular formula is C58H60N4OS. The molecule has 0 fully saturated rings. The van der Waals surface area contributed by atoms with Crippen LogP contribution in [-0.2, 0) is 21.7 Å². The normalized spacial score (nSPS) is 13.8. The number of thiophene rings is 1. The quantitative estimate of drug-likeness (QED) is 0.173. The van der Waals surface area contributed by atoms with E-state index in [9.17, 15) is 0 Å². The summed E-state index contributed by atoms with van der Waals surface area (Å²) in [5.41, 5.74) is 12.0. The van der Waals surface area contributed by atoms with Gasteiger partial charge in [0.2, 0.25) is 0 Å². The number of para-hydroxylation sites is 2. The topological polar surface area (TPSA) is 33.5 Å². The van der Waals surface area contributed by atoms with Gasteiger partial charge in [-0.2, -0.15) is 0 Å². The van der Waals surface area contributed by atoms with Crippen molar-refractivity contribution in [2.45, 2.75) is 105 Å². The predicted octanol–water partition coefficient (Wildman–Crippen LogP) is 16.8. The van der Waals surface area contributed by atoms with Crippen LogP contribution in [0.15, 0.2) is 134 Å². The number of hydrogen-bond acceptors (Lipinski definition) is 5. The maximum absolute atomic E-state index is 7.06. The standard InChI is InChI=1S/C58H60N4OS/c1-55(2,3)37-25-26-59-51(32-37)62-49-34-43(22-23-46(49)54-53(62)52-45-18-14-13-17-36(45)21-24-50(52)64-54)63-44-31-40(58(10,11)12)30-42(33-44)61-35-60(47-19-15-16-20-48(47)61)41-28-38(56(4,5)6)27-39(29-41)57(7,8)9/h13-34H,35H2,1-12H3. The van der Waals surface area contributed by atoms with Gasteiger partial charge < -0.3 is 14.5 Å². The van der Waals surface area contributed by atoms with E-state index in [-0.39, 0.29) is 21.7 Å². The van der Waals surface area contributed by atoms with E-state index in [4.69, 9.17) is 9.72 Å². The fraction of sp³-hybridized carbons (Fsp3) is 0.293. The van der Waals surface area contributed by atoms with E-state index in [0.29, 0.717) is 6.67 Å². The minimum atomic E-state index is -0.119. The molecule has 10 rings (SSSR count). The van der Waals surface area contributed by atoms with E-state index < -0.39 is 0 Å². The van der Waals surface area contributed by atoms with Crippen LogP contribution in [0.1, 0.15) is 105 Å². The smallest absolute Gasteiger partial charge is 0.137 e. The van der Waals surface area contributed by atoms with Crippen molar-refractivity contribution in [2.24, 2.45) is 0 Å². The largest absolute Gasteiger partial charge is 0.457 e. The molecule has 0 saturated carbocycles. The first-order valence-corrected chi connectivity index (χ1v) is 23.5. The van der Waals surface area contributed by atoms with Crippen LogP contribution in [0.25, 0.3) is 47.8 Å². The highest BCUT2D eigenvalue weighted by Crippen LogP contribution is 2.49. The van der Waals surface area contributed by atoms with Crippen LogP contribution in [0.2, 0.25) is 0 Å². The number of nitrogens with zero attached hydrogens (tertiary/aromatic N) is 4. The second kappa shape index (κ2) is 14.7. The van der Waals surface area contributed by atoms with Crippen molar-refractivity contribution >= 4 is 76.1 Å². The van der Waals surface area contributed by atoms with Crippen molar-refractivity contribution in [3.8, 4) is 17.3 Å². The second-order valence-electron chi connectivity index (χ2n) is 21.9. The summed E-state index contributed by atoms with van der Waals surface area (Å²) in [6, 6.07) is 47.1. The maximum Gasteiger partial charge on any atom is 0.137 e. The number of ether oxygens (including phenoxy) is 1. The first-order valence-electron chi connectivity index (χ1n) is 22.7. The van der Waals surface area contributed by atoms with Crippen molar-refractivity contribution in [1.29, 1.82) is 0 Å². The monoisotopic (exact) mass is 860 g/mol. The summed E-state index contributed by atoms with van der Waals surface area (Å²) >= 11 is 1.86. The molecule has 0 saturated heterocycles. The molecule has 1 aliphatic heterocycles. The lowest BCUT2D eigenvalue weighted by Crippen LogP contribution is -2.26. The Bertz CT molecular complexity index is 3250. The number of rotatable bonds is 5. The summed E-state index contributed by atoms with van der Waals surface area (Å²) in [5.74, 6) is 2.51. The summed E-state index contributed by atoms with van der Waals surface area (Å²) < 4.78 is 12.0. The third kappa shape index (κ3) is 7.30. The van der Waals surface area contributed by atoms with Crippen LogP contribution in [0, 0.1) is 0 Å². The summed E-state index contributed by atoms with van der Waals surface area (Å²) in [6.45, 7) is 28.2. The summed E-state index contributed by atoms with van der Waals surface area (Å²) in [5, 5.41) is 4.95. The highest BCUT2D eigenvalue weighted by Gasteiger charge is 2.32. The first kappa shape index (κ1) is 41.9. The van der Waals surface area contributed by atoms with Gasteiger partial charge in [0.05, 0.1) is 27.1 Å². The average molecular weight is 861 g/mol. The Balaban J connectivity index is 1.11. The number of aromatic nitrogens is 2. The fourth-order valence-electron chi connectivity index (χ4n) is 9.22. The molecule has 0 radical (unpaired) electrons. The third-order valence-electron chi connectivity index (χ3n) is 13.1. The van der Waals surface area contributed by atoms with Gasteiger partial charge in [0.15, 0.2) is 0 Å². The molecule has 9 aromatic rings. The molecule has 324 valence electrons. The summed E-state index contributed by atoms with van der Waals surface area (Å²) in [7, 11) is 0. The third-order valence-corrected chi connectivity index (χ3v) is 14.3. The molecule has 1 aliphatic rings. The maximum atomic E-state index is 7.06. The molecule has 0 spiro atoms. The molecule has 0 unspecified atom stereocenters. The van der Waals surface area contributed by atoms with Gasteiger partial charge in [0.1, 0.15) is 24.0 Å². The van der Waals surface area contributed by atoms with Crippen molar-refractivity contribution < 1.29 is 4.74 Å². The fourth-order valence-corrected chi connectivity index (χ4v) is 10.5. The number of anilines is 4. The van der Waals surface area contributed by atoms with E-state index in [1.807, 2.05) is 17.5 Å². The molecule has 6 aromatic carbocycles. The van der Waals surface area contributed by atoms with E-state index in [1.54, 1.807) is 0 Å². The molecule has 4 heterocycles. The lowest BCUT2D eigenvalue weighted by Gasteiger charge is -2.29. The van der Waals surface area contributed by atoms with Gasteiger partial charge in [-0.05, 0) is 121 Å². The van der Waals surface area contributed by atoms with Crippen LogP contribution >= 0.6 is 11.3 Å². The number of hydrogen-bond donors (Lipinski definition) is 0. The molecule has 6 heteroatoms. The Kier molecular flexibility index (Phi) is 9.63. The first-order chi connectivity index (χ1) is 30.2. The molecule has 0 bridgehead atoms. The van der Waals surface area contributed by atoms with Crippen molar-refractivity contribution in [3.63, 3.8) is 0 Å². The van der Waals surface area contributed by atoms with Gasteiger partial charge in [-0.15, -0.1) is 11.3 Å². The van der Waals surface area contributed by atoms with Crippen molar-refractivity contribution in [1.82, 2.24) is 9.55 Å². The van der Waals surface area contributed by atoms with Crippen molar-refractivity contribution in [3.05, 3.63) is 156 Å². The minimum absolute atomic E-state index is 0.0116. The van der Waals surface area contributed by atoms with Gasteiger partial charge in [0, 0.05) is 45.2 Å². The molecule has 0 aliphatic carbocycles. The molecular weight excluding hydrogens is 801 g/mol. The second-order valence-corrected chi connectivity index (χ2v) is 23.0. The highest BCUT2D eigenvalue weighted by atomic mass is 32.1. The predicted molar refractivity (Wildman–Crippen MR) is 275 cm³/mol. The summed E-state index contributed by atoms with van der Waals surface area (Å²) in [6.07, 6.45) is 1.96. The zero-order chi connectivity index (χ0) is 45.1. The molecule has 0 N–H and O–H groups in total. The average Bonchev–Trinajstić information content (AvgIpc) is 3.91. The van der Waals surface area contributed by atoms with E-state index in [0.717, 1.165) is 28.5 Å². The zero-order valence-corrected chi connectivity index (χ0v) is 40.3. The van der Waals surface area contributed by atoms with E-state index >= 15 is 0 Å².